The van der Waals surface area contributed by atoms with Gasteiger partial charge in [0.15, 0.2) is 8.32 Å². The van der Waals surface area contributed by atoms with E-state index in [0.29, 0.717) is 0 Å². The number of ether oxygens (including phenoxy) is 1. The van der Waals surface area contributed by atoms with Crippen molar-refractivity contribution in [2.45, 2.75) is 51.9 Å². The molecule has 0 N–H and O–H groups in total. The molecular formula is C18H29NO2Si. The van der Waals surface area contributed by atoms with Crippen LogP contribution in [0, 0.1) is 0 Å². The molecule has 2 aromatic rings. The van der Waals surface area contributed by atoms with Gasteiger partial charge in [-0.1, -0.05) is 26.8 Å². The van der Waals surface area contributed by atoms with E-state index in [9.17, 15) is 0 Å². The van der Waals surface area contributed by atoms with Crippen LogP contribution in [0.4, 0.5) is 0 Å². The lowest BCUT2D eigenvalue weighted by Crippen LogP contribution is -2.41. The van der Waals surface area contributed by atoms with Crippen molar-refractivity contribution >= 4 is 19.2 Å². The highest BCUT2D eigenvalue weighted by molar-refractivity contribution is 6.74. The SMILES string of the molecule is COc1cccc2c1ccn2CCCO[Si](C)(C)C(C)(C)C. The quantitative estimate of drug-likeness (QED) is 0.548. The summed E-state index contributed by atoms with van der Waals surface area (Å²) in [6.07, 6.45) is 3.17. The van der Waals surface area contributed by atoms with Crippen molar-refractivity contribution in [1.29, 1.82) is 0 Å². The summed E-state index contributed by atoms with van der Waals surface area (Å²) in [5, 5.41) is 1.45. The van der Waals surface area contributed by atoms with Crippen molar-refractivity contribution in [2.24, 2.45) is 0 Å². The standard InChI is InChI=1S/C18H29NO2Si/c1-18(2,3)22(5,6)21-14-8-12-19-13-11-15-16(19)9-7-10-17(15)20-4/h7,9-11,13H,8,12,14H2,1-6H3. The van der Waals surface area contributed by atoms with Crippen LogP contribution in [0.5, 0.6) is 5.75 Å². The number of hydrogen-bond acceptors (Lipinski definition) is 2. The first-order valence-electron chi connectivity index (χ1n) is 8.02. The van der Waals surface area contributed by atoms with E-state index in [1.165, 1.54) is 10.9 Å². The Morgan fingerprint density at radius 3 is 2.50 bits per heavy atom. The average Bonchev–Trinajstić information content (AvgIpc) is 2.85. The molecule has 0 aliphatic carbocycles. The number of hydrogen-bond donors (Lipinski definition) is 0. The number of nitrogens with zero attached hydrogens (tertiary/aromatic N) is 1. The van der Waals surface area contributed by atoms with Gasteiger partial charge in [0.1, 0.15) is 5.75 Å². The number of aromatic nitrogens is 1. The smallest absolute Gasteiger partial charge is 0.191 e. The third kappa shape index (κ3) is 3.55. The Kier molecular flexibility index (Phi) is 5.02. The first-order valence-corrected chi connectivity index (χ1v) is 10.9. The van der Waals surface area contributed by atoms with Crippen molar-refractivity contribution < 1.29 is 9.16 Å². The zero-order chi connectivity index (χ0) is 16.4. The number of benzene rings is 1. The molecule has 0 saturated heterocycles. The highest BCUT2D eigenvalue weighted by atomic mass is 28.4. The number of methoxy groups -OCH3 is 1. The van der Waals surface area contributed by atoms with E-state index in [0.717, 1.165) is 25.3 Å². The average molecular weight is 320 g/mol. The van der Waals surface area contributed by atoms with Crippen LogP contribution in [0.15, 0.2) is 30.5 Å². The van der Waals surface area contributed by atoms with Crippen LogP contribution >= 0.6 is 0 Å². The lowest BCUT2D eigenvalue weighted by Gasteiger charge is -2.36. The molecule has 0 spiro atoms. The van der Waals surface area contributed by atoms with E-state index in [1.54, 1.807) is 7.11 Å². The minimum absolute atomic E-state index is 0.278. The van der Waals surface area contributed by atoms with Crippen LogP contribution in [-0.4, -0.2) is 26.6 Å². The van der Waals surface area contributed by atoms with E-state index < -0.39 is 8.32 Å². The summed E-state index contributed by atoms with van der Waals surface area (Å²) in [6, 6.07) is 8.33. The van der Waals surface area contributed by atoms with Gasteiger partial charge in [-0.15, -0.1) is 0 Å². The topological polar surface area (TPSA) is 23.4 Å². The van der Waals surface area contributed by atoms with E-state index in [2.05, 4.69) is 56.8 Å². The molecule has 3 nitrogen and oxygen atoms in total. The van der Waals surface area contributed by atoms with Crippen molar-refractivity contribution in [1.82, 2.24) is 4.57 Å². The molecule has 4 heteroatoms. The minimum Gasteiger partial charge on any atom is -0.496 e. The summed E-state index contributed by atoms with van der Waals surface area (Å²) < 4.78 is 14.0. The monoisotopic (exact) mass is 319 g/mol. The minimum atomic E-state index is -1.62. The third-order valence-electron chi connectivity index (χ3n) is 4.81. The number of rotatable bonds is 6. The second-order valence-electron chi connectivity index (χ2n) is 7.36. The molecule has 122 valence electrons. The zero-order valence-electron chi connectivity index (χ0n) is 14.8. The Hall–Kier alpha value is -1.26. The van der Waals surface area contributed by atoms with Crippen molar-refractivity contribution in [3.05, 3.63) is 30.5 Å². The zero-order valence-corrected chi connectivity index (χ0v) is 15.8. The highest BCUT2D eigenvalue weighted by Crippen LogP contribution is 2.36. The summed E-state index contributed by atoms with van der Waals surface area (Å²) in [5.41, 5.74) is 1.23. The summed E-state index contributed by atoms with van der Waals surface area (Å²) >= 11 is 0. The van der Waals surface area contributed by atoms with Crippen LogP contribution < -0.4 is 4.74 Å². The fourth-order valence-electron chi connectivity index (χ4n) is 2.35. The van der Waals surface area contributed by atoms with Crippen LogP contribution in [0.3, 0.4) is 0 Å². The van der Waals surface area contributed by atoms with Crippen molar-refractivity contribution in [2.75, 3.05) is 13.7 Å². The molecule has 0 aliphatic rings. The van der Waals surface area contributed by atoms with Gasteiger partial charge in [0.25, 0.3) is 0 Å². The predicted molar refractivity (Wildman–Crippen MR) is 96.3 cm³/mol. The van der Waals surface area contributed by atoms with Crippen LogP contribution in [0.1, 0.15) is 27.2 Å². The van der Waals surface area contributed by atoms with Gasteiger partial charge in [0, 0.05) is 24.7 Å². The predicted octanol–water partition coefficient (Wildman–Crippen LogP) is 5.06. The normalized spacial score (nSPS) is 12.8. The number of fused-ring (bicyclic) bond motifs is 1. The molecule has 0 saturated carbocycles. The maximum Gasteiger partial charge on any atom is 0.191 e. The van der Waals surface area contributed by atoms with E-state index in [-0.39, 0.29) is 5.04 Å². The summed E-state index contributed by atoms with van der Waals surface area (Å²) in [7, 11) is 0.0968. The molecular weight excluding hydrogens is 290 g/mol. The Labute approximate surface area is 135 Å². The molecule has 0 atom stereocenters. The lowest BCUT2D eigenvalue weighted by atomic mass is 10.2. The van der Waals surface area contributed by atoms with Crippen molar-refractivity contribution in [3.8, 4) is 5.75 Å². The third-order valence-corrected chi connectivity index (χ3v) is 9.34. The number of aryl methyl sites for hydroxylation is 1. The second kappa shape index (κ2) is 6.47. The molecule has 0 unspecified atom stereocenters. The first kappa shape index (κ1) is 17.1. The van der Waals surface area contributed by atoms with Gasteiger partial charge in [-0.05, 0) is 42.8 Å². The van der Waals surface area contributed by atoms with E-state index in [4.69, 9.17) is 9.16 Å². The van der Waals surface area contributed by atoms with E-state index in [1.807, 2.05) is 12.1 Å². The first-order chi connectivity index (χ1) is 10.3. The van der Waals surface area contributed by atoms with Gasteiger partial charge in [-0.2, -0.15) is 0 Å². The Morgan fingerprint density at radius 1 is 1.14 bits per heavy atom. The van der Waals surface area contributed by atoms with Gasteiger partial charge in [0.2, 0.25) is 0 Å². The summed E-state index contributed by atoms with van der Waals surface area (Å²) in [4.78, 5) is 0. The fraction of sp³-hybridized carbons (Fsp3) is 0.556. The maximum absolute atomic E-state index is 6.25. The second-order valence-corrected chi connectivity index (χ2v) is 12.2. The maximum atomic E-state index is 6.25. The molecule has 0 bridgehead atoms. The van der Waals surface area contributed by atoms with Gasteiger partial charge in [-0.3, -0.25) is 0 Å². The molecule has 0 amide bonds. The largest absolute Gasteiger partial charge is 0.496 e. The van der Waals surface area contributed by atoms with Crippen LogP contribution in [0.25, 0.3) is 10.9 Å². The van der Waals surface area contributed by atoms with Gasteiger partial charge in [-0.25, -0.2) is 0 Å². The Morgan fingerprint density at radius 2 is 1.86 bits per heavy atom. The molecule has 0 aliphatic heterocycles. The van der Waals surface area contributed by atoms with Crippen LogP contribution in [-0.2, 0) is 11.0 Å². The molecule has 1 aromatic heterocycles. The highest BCUT2D eigenvalue weighted by Gasteiger charge is 2.36. The molecule has 0 fully saturated rings. The van der Waals surface area contributed by atoms with Gasteiger partial charge >= 0.3 is 0 Å². The lowest BCUT2D eigenvalue weighted by molar-refractivity contribution is 0.276. The molecule has 0 radical (unpaired) electrons. The van der Waals surface area contributed by atoms with Crippen LogP contribution in [0.2, 0.25) is 18.1 Å². The van der Waals surface area contributed by atoms with Crippen molar-refractivity contribution in [3.63, 3.8) is 0 Å². The molecule has 22 heavy (non-hydrogen) atoms. The Balaban J connectivity index is 1.96. The summed E-state index contributed by atoms with van der Waals surface area (Å²) in [5.74, 6) is 0.939. The Bertz CT molecular complexity index is 626. The van der Waals surface area contributed by atoms with Gasteiger partial charge in [0.05, 0.1) is 12.6 Å². The van der Waals surface area contributed by atoms with Gasteiger partial charge < -0.3 is 13.7 Å². The molecule has 1 heterocycles. The summed E-state index contributed by atoms with van der Waals surface area (Å²) in [6.45, 7) is 13.3. The molecule has 1 aromatic carbocycles. The fourth-order valence-corrected chi connectivity index (χ4v) is 3.43. The van der Waals surface area contributed by atoms with E-state index >= 15 is 0 Å². The molecule has 2 rings (SSSR count).